The minimum Gasteiger partial charge on any atom is -0.507 e. The van der Waals surface area contributed by atoms with Crippen LogP contribution in [-0.4, -0.2) is 16.1 Å². The standard InChI is InChI=1S/C10H5BrN2O3/c11-7-2-6-5(4-13-12)1-10(15)16-9(6)3-8(7)14/h1-4,12H/p+1. The lowest BCUT2D eigenvalue weighted by atomic mass is 10.1. The number of nitrogens with one attached hydrogen (secondary N) is 1. The van der Waals surface area contributed by atoms with Gasteiger partial charge in [-0.2, -0.15) is 0 Å². The van der Waals surface area contributed by atoms with E-state index in [1.807, 2.05) is 0 Å². The van der Waals surface area contributed by atoms with Crippen molar-refractivity contribution >= 4 is 33.1 Å². The molecule has 0 radical (unpaired) electrons. The molecule has 0 unspecified atom stereocenters. The number of phenols is 1. The number of rotatable bonds is 1. The van der Waals surface area contributed by atoms with Crippen LogP contribution in [0.25, 0.3) is 11.0 Å². The van der Waals surface area contributed by atoms with Crippen molar-refractivity contribution in [3.63, 3.8) is 0 Å². The molecular formula is C10H6BrN2O3+. The first-order valence-electron chi connectivity index (χ1n) is 4.28. The largest absolute Gasteiger partial charge is 0.507 e. The molecule has 0 atom stereocenters. The Morgan fingerprint density at radius 2 is 2.19 bits per heavy atom. The summed E-state index contributed by atoms with van der Waals surface area (Å²) in [7, 11) is 0. The first-order chi connectivity index (χ1) is 7.61. The van der Waals surface area contributed by atoms with Crippen LogP contribution < -0.4 is 5.63 Å². The van der Waals surface area contributed by atoms with E-state index in [0.717, 1.165) is 0 Å². The van der Waals surface area contributed by atoms with Crippen molar-refractivity contribution in [3.05, 3.63) is 38.7 Å². The average molecular weight is 282 g/mol. The molecule has 0 saturated heterocycles. The summed E-state index contributed by atoms with van der Waals surface area (Å²) >= 11 is 3.16. The topological polar surface area (TPSA) is 88.4 Å². The van der Waals surface area contributed by atoms with Crippen LogP contribution in [-0.2, 0) is 0 Å². The highest BCUT2D eigenvalue weighted by atomic mass is 79.9. The molecule has 0 bridgehead atoms. The number of hydrogen-bond donors (Lipinski definition) is 2. The summed E-state index contributed by atoms with van der Waals surface area (Å²) in [6.45, 7) is 0. The summed E-state index contributed by atoms with van der Waals surface area (Å²) in [5.41, 5.74) is 6.93. The van der Waals surface area contributed by atoms with E-state index in [0.29, 0.717) is 15.4 Å². The van der Waals surface area contributed by atoms with Gasteiger partial charge in [-0.15, -0.1) is 0 Å². The van der Waals surface area contributed by atoms with E-state index in [1.54, 1.807) is 6.07 Å². The van der Waals surface area contributed by atoms with E-state index in [-0.39, 0.29) is 11.3 Å². The van der Waals surface area contributed by atoms with Crippen molar-refractivity contribution in [3.8, 4) is 5.75 Å². The van der Waals surface area contributed by atoms with Gasteiger partial charge in [-0.25, -0.2) is 4.79 Å². The van der Waals surface area contributed by atoms with Crippen LogP contribution >= 0.6 is 15.9 Å². The van der Waals surface area contributed by atoms with E-state index in [1.165, 1.54) is 18.3 Å². The minimum atomic E-state index is -0.552. The fourth-order valence-corrected chi connectivity index (χ4v) is 1.71. The van der Waals surface area contributed by atoms with Gasteiger partial charge in [0.1, 0.15) is 11.3 Å². The van der Waals surface area contributed by atoms with Gasteiger partial charge in [0.25, 0.3) is 0 Å². The van der Waals surface area contributed by atoms with Gasteiger partial charge in [-0.05, 0) is 22.0 Å². The predicted molar refractivity (Wildman–Crippen MR) is 60.0 cm³/mol. The predicted octanol–water partition coefficient (Wildman–Crippen LogP) is 1.92. The molecule has 0 spiro atoms. The highest BCUT2D eigenvalue weighted by Crippen LogP contribution is 2.29. The molecule has 0 amide bonds. The summed E-state index contributed by atoms with van der Waals surface area (Å²) in [4.78, 5) is 14.3. The number of halogens is 1. The molecule has 0 aliphatic rings. The summed E-state index contributed by atoms with van der Waals surface area (Å²) in [5, 5.41) is 10.0. The normalized spacial score (nSPS) is 10.1. The van der Waals surface area contributed by atoms with Gasteiger partial charge < -0.3 is 9.52 Å². The minimum absolute atomic E-state index is 0.0180. The Morgan fingerprint density at radius 3 is 2.88 bits per heavy atom. The van der Waals surface area contributed by atoms with Crippen LogP contribution in [0.1, 0.15) is 5.56 Å². The number of hydrogen-bond acceptors (Lipinski definition) is 4. The molecule has 2 aromatic rings. The summed E-state index contributed by atoms with van der Waals surface area (Å²) in [6.07, 6.45) is 1.24. The van der Waals surface area contributed by atoms with E-state index in [9.17, 15) is 9.90 Å². The zero-order chi connectivity index (χ0) is 11.7. The van der Waals surface area contributed by atoms with Gasteiger partial charge >= 0.3 is 11.8 Å². The number of nitrogens with zero attached hydrogens (tertiary/aromatic N) is 1. The molecule has 1 heterocycles. The van der Waals surface area contributed by atoms with Crippen molar-refractivity contribution in [1.82, 2.24) is 0 Å². The molecule has 0 saturated carbocycles. The lowest BCUT2D eigenvalue weighted by Gasteiger charge is -2.00. The third-order valence-electron chi connectivity index (χ3n) is 2.05. The molecule has 80 valence electrons. The first kappa shape index (κ1) is 10.6. The summed E-state index contributed by atoms with van der Waals surface area (Å²) in [5.74, 6) is -0.0180. The Morgan fingerprint density at radius 1 is 1.44 bits per heavy atom. The molecule has 6 heteroatoms. The third kappa shape index (κ3) is 1.76. The van der Waals surface area contributed by atoms with E-state index in [4.69, 9.17) is 9.95 Å². The van der Waals surface area contributed by atoms with Crippen LogP contribution in [0.2, 0.25) is 0 Å². The second-order valence-corrected chi connectivity index (χ2v) is 3.93. The number of aromatic hydroxyl groups is 1. The van der Waals surface area contributed by atoms with Crippen LogP contribution in [0.4, 0.5) is 0 Å². The van der Waals surface area contributed by atoms with Crippen molar-refractivity contribution in [2.75, 3.05) is 0 Å². The number of phenolic OH excluding ortho intramolecular Hbond substituents is 1. The van der Waals surface area contributed by atoms with Crippen LogP contribution in [0.5, 0.6) is 5.75 Å². The molecule has 16 heavy (non-hydrogen) atoms. The SMILES string of the molecule is N=[N+]=Cc1cc(=O)oc2cc(O)c(Br)cc12. The van der Waals surface area contributed by atoms with Crippen LogP contribution in [0.15, 0.2) is 31.9 Å². The number of benzene rings is 1. The van der Waals surface area contributed by atoms with Crippen LogP contribution in [0.3, 0.4) is 0 Å². The fraction of sp³-hybridized carbons (Fsp3) is 0. The van der Waals surface area contributed by atoms with Gasteiger partial charge in [-0.3, -0.25) is 0 Å². The molecule has 0 fully saturated rings. The maximum Gasteiger partial charge on any atom is 0.338 e. The third-order valence-corrected chi connectivity index (χ3v) is 2.68. The van der Waals surface area contributed by atoms with Gasteiger partial charge in [-0.1, -0.05) is 0 Å². The molecule has 0 aliphatic heterocycles. The van der Waals surface area contributed by atoms with E-state index in [2.05, 4.69) is 20.7 Å². The quantitative estimate of drug-likeness (QED) is 0.362. The second-order valence-electron chi connectivity index (χ2n) is 3.08. The Kier molecular flexibility index (Phi) is 2.60. The van der Waals surface area contributed by atoms with Gasteiger partial charge in [0.15, 0.2) is 0 Å². The number of fused-ring (bicyclic) bond motifs is 1. The lowest BCUT2D eigenvalue weighted by Crippen LogP contribution is -2.00. The summed E-state index contributed by atoms with van der Waals surface area (Å²) < 4.78 is 5.41. The highest BCUT2D eigenvalue weighted by molar-refractivity contribution is 9.10. The van der Waals surface area contributed by atoms with Gasteiger partial charge in [0, 0.05) is 22.3 Å². The Labute approximate surface area is 97.7 Å². The smallest absolute Gasteiger partial charge is 0.338 e. The maximum absolute atomic E-state index is 11.2. The maximum atomic E-state index is 11.2. The zero-order valence-electron chi connectivity index (χ0n) is 7.90. The molecule has 0 aliphatic carbocycles. The van der Waals surface area contributed by atoms with Crippen molar-refractivity contribution in [2.24, 2.45) is 0 Å². The Bertz CT molecular complexity index is 672. The van der Waals surface area contributed by atoms with E-state index >= 15 is 0 Å². The fourth-order valence-electron chi connectivity index (χ4n) is 1.37. The average Bonchev–Trinajstić information content (AvgIpc) is 2.21. The molecule has 2 rings (SSSR count). The Hall–Kier alpha value is -1.91. The van der Waals surface area contributed by atoms with Crippen molar-refractivity contribution < 1.29 is 14.3 Å². The van der Waals surface area contributed by atoms with Crippen LogP contribution in [0, 0.1) is 5.53 Å². The monoisotopic (exact) mass is 281 g/mol. The molecule has 2 N–H and O–H groups in total. The molecule has 5 nitrogen and oxygen atoms in total. The Balaban J connectivity index is 2.95. The summed E-state index contributed by atoms with van der Waals surface area (Å²) in [6, 6.07) is 4.18. The zero-order valence-corrected chi connectivity index (χ0v) is 9.48. The lowest BCUT2D eigenvalue weighted by molar-refractivity contribution is -0.111. The van der Waals surface area contributed by atoms with Gasteiger partial charge in [0.2, 0.25) is 0 Å². The molecular weight excluding hydrogens is 276 g/mol. The molecule has 1 aromatic heterocycles. The molecule has 1 aromatic carbocycles. The first-order valence-corrected chi connectivity index (χ1v) is 5.07. The van der Waals surface area contributed by atoms with Crippen molar-refractivity contribution in [1.29, 1.82) is 5.53 Å². The second kappa shape index (κ2) is 3.92. The highest BCUT2D eigenvalue weighted by Gasteiger charge is 2.10. The van der Waals surface area contributed by atoms with Gasteiger partial charge in [0.05, 0.1) is 15.6 Å². The van der Waals surface area contributed by atoms with Crippen molar-refractivity contribution in [2.45, 2.75) is 0 Å². The van der Waals surface area contributed by atoms with E-state index < -0.39 is 5.63 Å².